The molecule has 0 N–H and O–H groups in total. The highest BCUT2D eigenvalue weighted by Gasteiger charge is 2.17. The van der Waals surface area contributed by atoms with E-state index in [1.807, 2.05) is 30.5 Å². The molecule has 6 heteroatoms. The Labute approximate surface area is 261 Å². The fourth-order valence-electron chi connectivity index (χ4n) is 6.00. The van der Waals surface area contributed by atoms with Crippen molar-refractivity contribution in [1.82, 2.24) is 14.5 Å². The van der Waals surface area contributed by atoms with E-state index in [0.717, 1.165) is 50.2 Å². The van der Waals surface area contributed by atoms with Crippen molar-refractivity contribution in [3.8, 4) is 50.7 Å². The summed E-state index contributed by atoms with van der Waals surface area (Å²) in [5, 5.41) is 11.0. The predicted molar refractivity (Wildman–Crippen MR) is 184 cm³/mol. The van der Waals surface area contributed by atoms with E-state index in [1.54, 1.807) is 22.7 Å². The molecule has 44 heavy (non-hydrogen) atoms. The van der Waals surface area contributed by atoms with Crippen molar-refractivity contribution in [2.24, 2.45) is 0 Å². The van der Waals surface area contributed by atoms with Crippen molar-refractivity contribution in [2.45, 2.75) is 0 Å². The number of benzene rings is 4. The lowest BCUT2D eigenvalue weighted by molar-refractivity contribution is 0.620. The van der Waals surface area contributed by atoms with Crippen LogP contribution in [0.3, 0.4) is 0 Å². The van der Waals surface area contributed by atoms with Gasteiger partial charge in [-0.15, -0.1) is 0 Å². The van der Waals surface area contributed by atoms with E-state index < -0.39 is 0 Å². The minimum Gasteiger partial charge on any atom is -0.436 e. The Balaban J connectivity index is 1.23. The van der Waals surface area contributed by atoms with E-state index in [9.17, 15) is 0 Å². The number of rotatable bonds is 5. The van der Waals surface area contributed by atoms with Crippen LogP contribution in [0.2, 0.25) is 0 Å². The number of hydrogen-bond donors (Lipinski definition) is 0. The fraction of sp³-hybridized carbons (Fsp3) is 0. The summed E-state index contributed by atoms with van der Waals surface area (Å²) >= 11 is 3.42. The maximum Gasteiger partial charge on any atom is 0.227 e. The molecule has 5 heterocycles. The third-order valence-electron chi connectivity index (χ3n) is 8.18. The number of pyridine rings is 1. The molecule has 0 atom stereocenters. The van der Waals surface area contributed by atoms with E-state index in [1.165, 1.54) is 27.5 Å². The van der Waals surface area contributed by atoms with Gasteiger partial charge in [0.15, 0.2) is 5.58 Å². The summed E-state index contributed by atoms with van der Waals surface area (Å²) in [6.45, 7) is 0. The fourth-order valence-corrected chi connectivity index (χ4v) is 7.33. The number of aromatic nitrogens is 3. The van der Waals surface area contributed by atoms with Gasteiger partial charge in [-0.1, -0.05) is 42.5 Å². The first-order valence-electron chi connectivity index (χ1n) is 14.3. The molecule has 4 nitrogen and oxygen atoms in total. The summed E-state index contributed by atoms with van der Waals surface area (Å²) in [5.74, 6) is 0.618. The summed E-state index contributed by atoms with van der Waals surface area (Å²) in [6.07, 6.45) is 1.96. The topological polar surface area (TPSA) is 43.9 Å². The van der Waals surface area contributed by atoms with Gasteiger partial charge in [0.25, 0.3) is 0 Å². The van der Waals surface area contributed by atoms with Gasteiger partial charge in [0, 0.05) is 39.3 Å². The van der Waals surface area contributed by atoms with Crippen LogP contribution in [0.25, 0.3) is 83.6 Å². The number of para-hydroxylation sites is 2. The largest absolute Gasteiger partial charge is 0.436 e. The zero-order valence-corrected chi connectivity index (χ0v) is 25.0. The van der Waals surface area contributed by atoms with Crippen LogP contribution in [0.5, 0.6) is 0 Å². The zero-order valence-electron chi connectivity index (χ0n) is 23.3. The second-order valence-electron chi connectivity index (χ2n) is 10.8. The molecule has 0 spiro atoms. The maximum absolute atomic E-state index is 6.18. The van der Waals surface area contributed by atoms with E-state index in [0.29, 0.717) is 5.89 Å². The normalized spacial score (nSPS) is 11.6. The molecule has 208 valence electrons. The number of oxazole rings is 1. The average molecular weight is 602 g/mol. The molecule has 0 fully saturated rings. The molecule has 0 saturated heterocycles. The van der Waals surface area contributed by atoms with Gasteiger partial charge in [-0.2, -0.15) is 22.7 Å². The molecule has 0 saturated carbocycles. The SMILES string of the molecule is c1cc(-c2ccc(-c3ccsc3)cn2)cc(-n2c3ccc(-c4ccsc4)cc3c3ccc(-c4nc5ccccc5o4)cc32)c1. The van der Waals surface area contributed by atoms with E-state index in [4.69, 9.17) is 14.4 Å². The first kappa shape index (κ1) is 25.2. The van der Waals surface area contributed by atoms with Crippen molar-refractivity contribution < 1.29 is 4.42 Å². The van der Waals surface area contributed by atoms with Gasteiger partial charge >= 0.3 is 0 Å². The molecule has 9 rings (SSSR count). The Hall–Kier alpha value is -5.30. The minimum atomic E-state index is 0.618. The number of fused-ring (bicyclic) bond motifs is 4. The predicted octanol–water partition coefficient (Wildman–Crippen LogP) is 11.1. The summed E-state index contributed by atoms with van der Waals surface area (Å²) in [7, 11) is 0. The van der Waals surface area contributed by atoms with E-state index in [-0.39, 0.29) is 0 Å². The van der Waals surface area contributed by atoms with Crippen molar-refractivity contribution in [2.75, 3.05) is 0 Å². The van der Waals surface area contributed by atoms with Crippen LogP contribution in [0.15, 0.2) is 141 Å². The van der Waals surface area contributed by atoms with Crippen molar-refractivity contribution in [3.63, 3.8) is 0 Å². The van der Waals surface area contributed by atoms with Crippen molar-refractivity contribution >= 4 is 55.6 Å². The van der Waals surface area contributed by atoms with Crippen LogP contribution < -0.4 is 0 Å². The Morgan fingerprint density at radius 3 is 2.18 bits per heavy atom. The summed E-state index contributed by atoms with van der Waals surface area (Å²) in [4.78, 5) is 9.63. The van der Waals surface area contributed by atoms with Crippen LogP contribution in [-0.2, 0) is 0 Å². The van der Waals surface area contributed by atoms with Crippen LogP contribution in [-0.4, -0.2) is 14.5 Å². The van der Waals surface area contributed by atoms with Gasteiger partial charge in [-0.05, 0) is 105 Å². The lowest BCUT2D eigenvalue weighted by Crippen LogP contribution is -1.95. The lowest BCUT2D eigenvalue weighted by Gasteiger charge is -2.11. The quantitative estimate of drug-likeness (QED) is 0.197. The van der Waals surface area contributed by atoms with Crippen LogP contribution in [0, 0.1) is 0 Å². The van der Waals surface area contributed by atoms with E-state index in [2.05, 4.69) is 111 Å². The number of hydrogen-bond acceptors (Lipinski definition) is 5. The molecule has 0 unspecified atom stereocenters. The highest BCUT2D eigenvalue weighted by Crippen LogP contribution is 2.38. The Morgan fingerprint density at radius 1 is 0.568 bits per heavy atom. The second-order valence-corrected chi connectivity index (χ2v) is 12.4. The second kappa shape index (κ2) is 10.2. The molecule has 9 aromatic rings. The molecule has 0 aliphatic carbocycles. The highest BCUT2D eigenvalue weighted by molar-refractivity contribution is 7.08. The van der Waals surface area contributed by atoms with Crippen molar-refractivity contribution in [3.05, 3.63) is 137 Å². The summed E-state index contributed by atoms with van der Waals surface area (Å²) in [6, 6.07) is 38.4. The molecule has 0 bridgehead atoms. The minimum absolute atomic E-state index is 0.618. The summed E-state index contributed by atoms with van der Waals surface area (Å²) in [5.41, 5.74) is 12.7. The molecule has 5 aromatic heterocycles. The van der Waals surface area contributed by atoms with Gasteiger partial charge in [-0.25, -0.2) is 4.98 Å². The van der Waals surface area contributed by atoms with Gasteiger partial charge in [-0.3, -0.25) is 4.98 Å². The summed E-state index contributed by atoms with van der Waals surface area (Å²) < 4.78 is 8.52. The molecule has 0 aliphatic heterocycles. The Morgan fingerprint density at radius 2 is 1.39 bits per heavy atom. The first-order valence-corrected chi connectivity index (χ1v) is 16.2. The number of thiophene rings is 2. The van der Waals surface area contributed by atoms with Gasteiger partial charge < -0.3 is 8.98 Å². The molecule has 0 radical (unpaired) electrons. The van der Waals surface area contributed by atoms with Crippen LogP contribution in [0.4, 0.5) is 0 Å². The third kappa shape index (κ3) is 4.19. The molecule has 4 aromatic carbocycles. The average Bonchev–Trinajstić information content (AvgIpc) is 3.90. The Kier molecular flexibility index (Phi) is 5.82. The third-order valence-corrected chi connectivity index (χ3v) is 9.55. The van der Waals surface area contributed by atoms with Crippen LogP contribution >= 0.6 is 22.7 Å². The van der Waals surface area contributed by atoms with Gasteiger partial charge in [0.1, 0.15) is 5.52 Å². The zero-order chi connectivity index (χ0) is 29.0. The molecular weight excluding hydrogens is 579 g/mol. The van der Waals surface area contributed by atoms with Crippen molar-refractivity contribution in [1.29, 1.82) is 0 Å². The molecular formula is C38H23N3OS2. The standard InChI is InChI=1S/C38H23N3OS2/c1-2-7-37-34(6-1)40-38(42-37)26-8-11-31-32-19-24(28-14-16-43-22-28)10-13-35(32)41(36(31)20-26)30-5-3-4-25(18-30)33-12-9-27(21-39-33)29-15-17-44-23-29/h1-23H. The smallest absolute Gasteiger partial charge is 0.227 e. The maximum atomic E-state index is 6.18. The van der Waals surface area contributed by atoms with E-state index >= 15 is 0 Å². The van der Waals surface area contributed by atoms with Gasteiger partial charge in [0.05, 0.1) is 16.7 Å². The van der Waals surface area contributed by atoms with Gasteiger partial charge in [0.2, 0.25) is 5.89 Å². The lowest BCUT2D eigenvalue weighted by atomic mass is 10.0. The highest BCUT2D eigenvalue weighted by atomic mass is 32.1. The molecule has 0 amide bonds. The van der Waals surface area contributed by atoms with Crippen LogP contribution in [0.1, 0.15) is 0 Å². The monoisotopic (exact) mass is 601 g/mol. The molecule has 0 aliphatic rings. The Bertz CT molecular complexity index is 2400. The number of nitrogens with zero attached hydrogens (tertiary/aromatic N) is 3. The first-order chi connectivity index (χ1) is 21.8.